The predicted octanol–water partition coefficient (Wildman–Crippen LogP) is 1.87. The average Bonchev–Trinajstić information content (AvgIpc) is 2.91. The first-order chi connectivity index (χ1) is 9.08. The second kappa shape index (κ2) is 4.69. The molecule has 2 saturated heterocycles. The number of phenols is 1. The molecule has 0 aromatic heterocycles. The molecule has 0 bridgehead atoms. The lowest BCUT2D eigenvalue weighted by Gasteiger charge is -2.27. The first-order valence-electron chi connectivity index (χ1n) is 6.60. The molecule has 3 rings (SSSR count). The van der Waals surface area contributed by atoms with Crippen molar-refractivity contribution >= 4 is 17.5 Å². The van der Waals surface area contributed by atoms with Crippen LogP contribution in [0.5, 0.6) is 5.75 Å². The zero-order chi connectivity index (χ0) is 13.6. The van der Waals surface area contributed by atoms with Gasteiger partial charge in [-0.25, -0.2) is 0 Å². The molecule has 2 N–H and O–H groups in total. The summed E-state index contributed by atoms with van der Waals surface area (Å²) in [5.74, 6) is 0.574. The first kappa shape index (κ1) is 12.8. The Morgan fingerprint density at radius 1 is 1.47 bits per heavy atom. The van der Waals surface area contributed by atoms with Gasteiger partial charge >= 0.3 is 0 Å². The number of halogens is 1. The van der Waals surface area contributed by atoms with E-state index in [0.29, 0.717) is 11.5 Å². The number of hydrogen-bond acceptors (Lipinski definition) is 3. The Labute approximate surface area is 117 Å². The predicted molar refractivity (Wildman–Crippen MR) is 73.5 cm³/mol. The Morgan fingerprint density at radius 3 is 3.00 bits per heavy atom. The van der Waals surface area contributed by atoms with Crippen LogP contribution in [0.1, 0.15) is 23.7 Å². The Balaban J connectivity index is 1.88. The molecule has 102 valence electrons. The van der Waals surface area contributed by atoms with Gasteiger partial charge in [0, 0.05) is 30.7 Å². The lowest BCUT2D eigenvalue weighted by molar-refractivity contribution is 0.0682. The highest BCUT2D eigenvalue weighted by molar-refractivity contribution is 6.32. The molecule has 0 saturated carbocycles. The van der Waals surface area contributed by atoms with Gasteiger partial charge in [0.25, 0.3) is 5.91 Å². The van der Waals surface area contributed by atoms with Crippen molar-refractivity contribution in [3.63, 3.8) is 0 Å². The number of aromatic hydroxyl groups is 1. The highest BCUT2D eigenvalue weighted by Gasteiger charge is 2.44. The van der Waals surface area contributed by atoms with Crippen molar-refractivity contribution in [2.24, 2.45) is 5.92 Å². The Hall–Kier alpha value is -1.26. The fourth-order valence-corrected chi connectivity index (χ4v) is 3.48. The van der Waals surface area contributed by atoms with Crippen LogP contribution in [-0.4, -0.2) is 41.1 Å². The minimum atomic E-state index is 0.00519. The second-order valence-corrected chi connectivity index (χ2v) is 5.86. The molecule has 3 unspecified atom stereocenters. The SMILES string of the molecule is CC1CC2CNCC2N1C(=O)c1ccc(O)c(Cl)c1. The average molecular weight is 281 g/mol. The van der Waals surface area contributed by atoms with Gasteiger partial charge in [0.05, 0.1) is 5.02 Å². The molecular weight excluding hydrogens is 264 g/mol. The summed E-state index contributed by atoms with van der Waals surface area (Å²) in [6.07, 6.45) is 1.05. The van der Waals surface area contributed by atoms with Gasteiger partial charge in [-0.3, -0.25) is 4.79 Å². The zero-order valence-electron chi connectivity index (χ0n) is 10.8. The van der Waals surface area contributed by atoms with E-state index in [-0.39, 0.29) is 28.8 Å². The molecule has 2 fully saturated rings. The Morgan fingerprint density at radius 2 is 2.26 bits per heavy atom. The number of likely N-dealkylation sites (tertiary alicyclic amines) is 1. The summed E-state index contributed by atoms with van der Waals surface area (Å²) in [5.41, 5.74) is 0.544. The smallest absolute Gasteiger partial charge is 0.254 e. The number of benzene rings is 1. The number of phenolic OH excluding ortho intramolecular Hbond substituents is 1. The molecule has 19 heavy (non-hydrogen) atoms. The van der Waals surface area contributed by atoms with Crippen LogP contribution in [0.15, 0.2) is 18.2 Å². The van der Waals surface area contributed by atoms with Crippen molar-refractivity contribution in [2.75, 3.05) is 13.1 Å². The number of fused-ring (bicyclic) bond motifs is 1. The van der Waals surface area contributed by atoms with Crippen molar-refractivity contribution in [3.8, 4) is 5.75 Å². The number of hydrogen-bond donors (Lipinski definition) is 2. The summed E-state index contributed by atoms with van der Waals surface area (Å²) >= 11 is 5.88. The lowest BCUT2D eigenvalue weighted by atomic mass is 10.0. The molecule has 3 atom stereocenters. The lowest BCUT2D eigenvalue weighted by Crippen LogP contribution is -2.42. The molecule has 0 radical (unpaired) electrons. The zero-order valence-corrected chi connectivity index (χ0v) is 11.5. The quantitative estimate of drug-likeness (QED) is 0.826. The summed E-state index contributed by atoms with van der Waals surface area (Å²) in [6.45, 7) is 3.96. The minimum absolute atomic E-state index is 0.00519. The maximum absolute atomic E-state index is 12.6. The molecule has 2 aliphatic rings. The summed E-state index contributed by atoms with van der Waals surface area (Å²) in [5, 5.41) is 13.0. The van der Waals surface area contributed by atoms with Crippen molar-refractivity contribution < 1.29 is 9.90 Å². The van der Waals surface area contributed by atoms with Crippen LogP contribution in [0.25, 0.3) is 0 Å². The third kappa shape index (κ3) is 2.09. The van der Waals surface area contributed by atoms with E-state index in [4.69, 9.17) is 11.6 Å². The molecule has 1 amide bonds. The number of amides is 1. The van der Waals surface area contributed by atoms with E-state index in [1.54, 1.807) is 12.1 Å². The maximum Gasteiger partial charge on any atom is 0.254 e. The maximum atomic E-state index is 12.6. The number of carbonyl (C=O) groups excluding carboxylic acids is 1. The highest BCUT2D eigenvalue weighted by atomic mass is 35.5. The van der Waals surface area contributed by atoms with Crippen LogP contribution in [0.3, 0.4) is 0 Å². The second-order valence-electron chi connectivity index (χ2n) is 5.45. The monoisotopic (exact) mass is 280 g/mol. The van der Waals surface area contributed by atoms with E-state index in [9.17, 15) is 9.90 Å². The molecule has 0 spiro atoms. The highest BCUT2D eigenvalue weighted by Crippen LogP contribution is 2.34. The van der Waals surface area contributed by atoms with E-state index in [0.717, 1.165) is 19.5 Å². The van der Waals surface area contributed by atoms with E-state index < -0.39 is 0 Å². The summed E-state index contributed by atoms with van der Waals surface area (Å²) < 4.78 is 0. The largest absolute Gasteiger partial charge is 0.506 e. The van der Waals surface area contributed by atoms with Gasteiger partial charge in [-0.1, -0.05) is 11.6 Å². The van der Waals surface area contributed by atoms with Gasteiger partial charge in [0.1, 0.15) is 5.75 Å². The number of nitrogens with one attached hydrogen (secondary N) is 1. The fraction of sp³-hybridized carbons (Fsp3) is 0.500. The first-order valence-corrected chi connectivity index (χ1v) is 6.97. The van der Waals surface area contributed by atoms with Gasteiger partial charge < -0.3 is 15.3 Å². The normalized spacial score (nSPS) is 29.6. The van der Waals surface area contributed by atoms with Gasteiger partial charge in [-0.2, -0.15) is 0 Å². The number of carbonyl (C=O) groups is 1. The van der Waals surface area contributed by atoms with Gasteiger partial charge in [0.2, 0.25) is 0 Å². The van der Waals surface area contributed by atoms with Crippen LogP contribution >= 0.6 is 11.6 Å². The molecule has 2 heterocycles. The fourth-order valence-electron chi connectivity index (χ4n) is 3.30. The van der Waals surface area contributed by atoms with Crippen molar-refractivity contribution in [3.05, 3.63) is 28.8 Å². The van der Waals surface area contributed by atoms with Crippen LogP contribution in [-0.2, 0) is 0 Å². The van der Waals surface area contributed by atoms with Gasteiger partial charge in [0.15, 0.2) is 0 Å². The van der Waals surface area contributed by atoms with E-state index >= 15 is 0 Å². The standard InChI is InChI=1S/C14H17ClN2O2/c1-8-4-10-6-16-7-12(10)17(8)14(19)9-2-3-13(18)11(15)5-9/h2-3,5,8,10,12,16,18H,4,6-7H2,1H3. The Kier molecular flexibility index (Phi) is 3.15. The van der Waals surface area contributed by atoms with Crippen LogP contribution < -0.4 is 5.32 Å². The van der Waals surface area contributed by atoms with Crippen molar-refractivity contribution in [2.45, 2.75) is 25.4 Å². The molecule has 1 aromatic rings. The molecule has 1 aromatic carbocycles. The topological polar surface area (TPSA) is 52.6 Å². The Bertz CT molecular complexity index is 520. The molecule has 0 aliphatic carbocycles. The van der Waals surface area contributed by atoms with Gasteiger partial charge in [-0.05, 0) is 37.5 Å². The third-order valence-corrected chi connectivity index (χ3v) is 4.51. The van der Waals surface area contributed by atoms with Gasteiger partial charge in [-0.15, -0.1) is 0 Å². The summed E-state index contributed by atoms with van der Waals surface area (Å²) in [4.78, 5) is 14.6. The number of nitrogens with zero attached hydrogens (tertiary/aromatic N) is 1. The van der Waals surface area contributed by atoms with Crippen molar-refractivity contribution in [1.29, 1.82) is 0 Å². The van der Waals surface area contributed by atoms with E-state index in [2.05, 4.69) is 12.2 Å². The van der Waals surface area contributed by atoms with Crippen molar-refractivity contribution in [1.82, 2.24) is 10.2 Å². The number of rotatable bonds is 1. The van der Waals surface area contributed by atoms with Crippen LogP contribution in [0.2, 0.25) is 5.02 Å². The summed E-state index contributed by atoms with van der Waals surface area (Å²) in [7, 11) is 0. The molecule has 2 aliphatic heterocycles. The molecule has 4 nitrogen and oxygen atoms in total. The van der Waals surface area contributed by atoms with Crippen LogP contribution in [0.4, 0.5) is 0 Å². The molecular formula is C14H17ClN2O2. The summed E-state index contributed by atoms with van der Waals surface area (Å²) in [6, 6.07) is 5.20. The van der Waals surface area contributed by atoms with E-state index in [1.807, 2.05) is 4.90 Å². The van der Waals surface area contributed by atoms with E-state index in [1.165, 1.54) is 6.07 Å². The molecule has 5 heteroatoms. The van der Waals surface area contributed by atoms with Crippen LogP contribution in [0, 0.1) is 5.92 Å². The third-order valence-electron chi connectivity index (χ3n) is 4.21. The minimum Gasteiger partial charge on any atom is -0.506 e.